The molecule has 0 atom stereocenters. The molecule has 5 heteroatoms. The molecule has 1 N–H and O–H groups in total. The Balaban J connectivity index is 2.00. The lowest BCUT2D eigenvalue weighted by Gasteiger charge is -2.09. The van der Waals surface area contributed by atoms with Crippen LogP contribution in [0.1, 0.15) is 36.3 Å². The molecule has 2 aromatic carbocycles. The minimum atomic E-state index is -0.924. The van der Waals surface area contributed by atoms with Crippen LogP contribution in [0, 0.1) is 5.92 Å². The first-order valence-electron chi connectivity index (χ1n) is 8.62. The van der Waals surface area contributed by atoms with E-state index in [2.05, 4.69) is 35.8 Å². The van der Waals surface area contributed by atoms with Gasteiger partial charge in [-0.2, -0.15) is 5.10 Å². The van der Waals surface area contributed by atoms with Crippen molar-refractivity contribution in [3.8, 4) is 16.9 Å². The number of carbonyl (C=O) groups is 1. The summed E-state index contributed by atoms with van der Waals surface area (Å²) in [6.45, 7) is 4.41. The van der Waals surface area contributed by atoms with Crippen molar-refractivity contribution in [3.05, 3.63) is 70.3 Å². The summed E-state index contributed by atoms with van der Waals surface area (Å²) in [6, 6.07) is 17.1. The van der Waals surface area contributed by atoms with Gasteiger partial charge in [0.05, 0.1) is 16.9 Å². The van der Waals surface area contributed by atoms with Gasteiger partial charge in [0.1, 0.15) is 0 Å². The smallest absolute Gasteiger partial charge is 0.335 e. The molecule has 4 nitrogen and oxygen atoms in total. The van der Waals surface area contributed by atoms with Crippen LogP contribution in [0.4, 0.5) is 0 Å². The fourth-order valence-electron chi connectivity index (χ4n) is 2.76. The number of halogens is 1. The van der Waals surface area contributed by atoms with Crippen LogP contribution in [0.3, 0.4) is 0 Å². The summed E-state index contributed by atoms with van der Waals surface area (Å²) in [4.78, 5) is 11.1. The van der Waals surface area contributed by atoms with Crippen LogP contribution in [0.15, 0.2) is 59.1 Å². The van der Waals surface area contributed by atoms with Crippen molar-refractivity contribution in [1.82, 2.24) is 9.78 Å². The molecule has 0 fully saturated rings. The predicted octanol–water partition coefficient (Wildman–Crippen LogP) is 5.59. The normalized spacial score (nSPS) is 11.1. The molecule has 0 spiro atoms. The Labute approximate surface area is 161 Å². The maximum absolute atomic E-state index is 11.1. The van der Waals surface area contributed by atoms with E-state index in [9.17, 15) is 4.79 Å². The number of benzene rings is 2. The average Bonchev–Trinajstić information content (AvgIpc) is 3.05. The van der Waals surface area contributed by atoms with Gasteiger partial charge in [-0.3, -0.25) is 0 Å². The van der Waals surface area contributed by atoms with Crippen LogP contribution < -0.4 is 0 Å². The highest BCUT2D eigenvalue weighted by atomic mass is 79.9. The summed E-state index contributed by atoms with van der Waals surface area (Å²) in [6.07, 6.45) is 1.99. The van der Waals surface area contributed by atoms with Crippen molar-refractivity contribution in [2.45, 2.75) is 26.7 Å². The number of carboxylic acid groups (broad SMARTS) is 1. The first-order valence-corrected chi connectivity index (χ1v) is 9.42. The van der Waals surface area contributed by atoms with E-state index in [0.717, 1.165) is 40.0 Å². The van der Waals surface area contributed by atoms with Crippen LogP contribution in [0.2, 0.25) is 0 Å². The number of aryl methyl sites for hydroxylation is 1. The lowest BCUT2D eigenvalue weighted by atomic mass is 10.1. The van der Waals surface area contributed by atoms with Gasteiger partial charge >= 0.3 is 5.97 Å². The first-order chi connectivity index (χ1) is 12.4. The van der Waals surface area contributed by atoms with Crippen molar-refractivity contribution in [2.75, 3.05) is 0 Å². The van der Waals surface area contributed by atoms with E-state index in [1.54, 1.807) is 24.3 Å². The molecule has 0 unspecified atom stereocenters. The highest BCUT2D eigenvalue weighted by Gasteiger charge is 2.13. The van der Waals surface area contributed by atoms with Crippen LogP contribution >= 0.6 is 15.9 Å². The van der Waals surface area contributed by atoms with Gasteiger partial charge in [0.15, 0.2) is 0 Å². The molecule has 3 aromatic rings. The first kappa shape index (κ1) is 18.4. The second kappa shape index (κ2) is 7.87. The minimum absolute atomic E-state index is 0.276. The molecule has 0 aliphatic carbocycles. The SMILES string of the molecule is CC(C)CCc1cc(-c2ccc(Br)cc2)nn1-c1ccc(C(=O)O)cc1. The number of hydrogen-bond donors (Lipinski definition) is 1. The van der Waals surface area contributed by atoms with Crippen molar-refractivity contribution in [2.24, 2.45) is 5.92 Å². The van der Waals surface area contributed by atoms with Gasteiger partial charge in [-0.05, 0) is 61.2 Å². The van der Waals surface area contributed by atoms with Gasteiger partial charge in [0, 0.05) is 15.7 Å². The summed E-state index contributed by atoms with van der Waals surface area (Å²) in [5.41, 5.74) is 4.24. The zero-order chi connectivity index (χ0) is 18.7. The summed E-state index contributed by atoms with van der Waals surface area (Å²) in [5, 5.41) is 13.9. The number of rotatable bonds is 6. The monoisotopic (exact) mass is 412 g/mol. The van der Waals surface area contributed by atoms with E-state index in [1.165, 1.54) is 0 Å². The molecule has 0 bridgehead atoms. The highest BCUT2D eigenvalue weighted by molar-refractivity contribution is 9.10. The summed E-state index contributed by atoms with van der Waals surface area (Å²) in [5.74, 6) is -0.323. The van der Waals surface area contributed by atoms with Crippen LogP contribution in [0.5, 0.6) is 0 Å². The van der Waals surface area contributed by atoms with Gasteiger partial charge in [-0.1, -0.05) is 41.9 Å². The van der Waals surface area contributed by atoms with Crippen molar-refractivity contribution in [1.29, 1.82) is 0 Å². The maximum Gasteiger partial charge on any atom is 0.335 e. The van der Waals surface area contributed by atoms with Crippen LogP contribution in [-0.2, 0) is 6.42 Å². The molecular formula is C21H21BrN2O2. The zero-order valence-electron chi connectivity index (χ0n) is 14.8. The molecule has 134 valence electrons. The maximum atomic E-state index is 11.1. The molecule has 1 aromatic heterocycles. The van der Waals surface area contributed by atoms with Gasteiger partial charge in [-0.15, -0.1) is 0 Å². The lowest BCUT2D eigenvalue weighted by molar-refractivity contribution is 0.0697. The van der Waals surface area contributed by atoms with E-state index in [0.29, 0.717) is 5.92 Å². The highest BCUT2D eigenvalue weighted by Crippen LogP contribution is 2.25. The Kier molecular flexibility index (Phi) is 5.57. The molecule has 0 saturated carbocycles. The van der Waals surface area contributed by atoms with Crippen molar-refractivity contribution in [3.63, 3.8) is 0 Å². The minimum Gasteiger partial charge on any atom is -0.478 e. The summed E-state index contributed by atoms with van der Waals surface area (Å²) >= 11 is 3.46. The molecule has 0 aliphatic rings. The van der Waals surface area contributed by atoms with Gasteiger partial charge in [0.25, 0.3) is 0 Å². The molecule has 26 heavy (non-hydrogen) atoms. The van der Waals surface area contributed by atoms with Gasteiger partial charge < -0.3 is 5.11 Å². The third-order valence-electron chi connectivity index (χ3n) is 4.26. The summed E-state index contributed by atoms with van der Waals surface area (Å²) in [7, 11) is 0. The Morgan fingerprint density at radius 1 is 1.12 bits per heavy atom. The zero-order valence-corrected chi connectivity index (χ0v) is 16.4. The molecular weight excluding hydrogens is 392 g/mol. The Hall–Kier alpha value is -2.40. The Bertz CT molecular complexity index is 897. The van der Waals surface area contributed by atoms with E-state index in [1.807, 2.05) is 28.9 Å². The molecule has 0 radical (unpaired) electrons. The van der Waals surface area contributed by atoms with E-state index >= 15 is 0 Å². The molecule has 1 heterocycles. The quantitative estimate of drug-likeness (QED) is 0.573. The lowest BCUT2D eigenvalue weighted by Crippen LogP contribution is -2.04. The molecule has 0 aliphatic heterocycles. The van der Waals surface area contributed by atoms with E-state index < -0.39 is 5.97 Å². The average molecular weight is 413 g/mol. The van der Waals surface area contributed by atoms with Crippen molar-refractivity contribution < 1.29 is 9.90 Å². The number of aromatic nitrogens is 2. The molecule has 0 amide bonds. The van der Waals surface area contributed by atoms with Crippen LogP contribution in [0.25, 0.3) is 16.9 Å². The number of aromatic carboxylic acids is 1. The fraction of sp³-hybridized carbons (Fsp3) is 0.238. The number of hydrogen-bond acceptors (Lipinski definition) is 2. The fourth-order valence-corrected chi connectivity index (χ4v) is 3.03. The topological polar surface area (TPSA) is 55.1 Å². The molecule has 3 rings (SSSR count). The second-order valence-electron chi connectivity index (χ2n) is 6.72. The van der Waals surface area contributed by atoms with E-state index in [4.69, 9.17) is 10.2 Å². The standard InChI is InChI=1S/C21H21BrN2O2/c1-14(2)3-10-19-13-20(15-4-8-17(22)9-5-15)23-24(19)18-11-6-16(7-12-18)21(25)26/h4-9,11-14H,3,10H2,1-2H3,(H,25,26). The Morgan fingerprint density at radius 3 is 2.35 bits per heavy atom. The van der Waals surface area contributed by atoms with E-state index in [-0.39, 0.29) is 5.56 Å². The number of carboxylic acids is 1. The summed E-state index contributed by atoms with van der Waals surface area (Å²) < 4.78 is 2.95. The molecule has 0 saturated heterocycles. The third-order valence-corrected chi connectivity index (χ3v) is 4.79. The second-order valence-corrected chi connectivity index (χ2v) is 7.64. The third kappa shape index (κ3) is 4.22. The number of nitrogens with zero attached hydrogens (tertiary/aromatic N) is 2. The van der Waals surface area contributed by atoms with Gasteiger partial charge in [0.2, 0.25) is 0 Å². The largest absolute Gasteiger partial charge is 0.478 e. The Morgan fingerprint density at radius 2 is 1.77 bits per heavy atom. The van der Waals surface area contributed by atoms with Crippen molar-refractivity contribution >= 4 is 21.9 Å². The van der Waals surface area contributed by atoms with Gasteiger partial charge in [-0.25, -0.2) is 9.48 Å². The predicted molar refractivity (Wildman–Crippen MR) is 107 cm³/mol. The van der Waals surface area contributed by atoms with Crippen LogP contribution in [-0.4, -0.2) is 20.9 Å².